The second kappa shape index (κ2) is 14.6. The van der Waals surface area contributed by atoms with E-state index in [-0.39, 0.29) is 6.10 Å². The zero-order chi connectivity index (χ0) is 19.9. The number of benzene rings is 1. The molecule has 1 aromatic carbocycles. The second-order valence-electron chi connectivity index (χ2n) is 7.51. The Hall–Kier alpha value is -1.39. The smallest absolute Gasteiger partial charge is 0.309 e. The van der Waals surface area contributed by atoms with Crippen molar-refractivity contribution in [1.82, 2.24) is 0 Å². The van der Waals surface area contributed by atoms with Crippen LogP contribution < -0.4 is 0 Å². The molecule has 3 atom stereocenters. The molecule has 0 aromatic heterocycles. The molecule has 154 valence electrons. The highest BCUT2D eigenvalue weighted by atomic mass is 16.5. The maximum absolute atomic E-state index is 11.6. The van der Waals surface area contributed by atoms with Gasteiger partial charge in [0, 0.05) is 6.42 Å². The summed E-state index contributed by atoms with van der Waals surface area (Å²) in [6, 6.07) is 9.98. The van der Waals surface area contributed by atoms with Gasteiger partial charge in [0.2, 0.25) is 0 Å². The average molecular weight is 379 g/mol. The SMILES string of the molecule is CCCCCC[C@H](C(=O)O)[C@@H](O)C[C@@H](CCCCC)OCc1ccccc1. The molecule has 0 aliphatic carbocycles. The minimum absolute atomic E-state index is 0.107. The van der Waals surface area contributed by atoms with Crippen LogP contribution in [0, 0.1) is 5.92 Å². The first-order chi connectivity index (χ1) is 13.1. The Morgan fingerprint density at radius 2 is 1.59 bits per heavy atom. The molecule has 0 unspecified atom stereocenters. The Bertz CT molecular complexity index is 488. The quantitative estimate of drug-likeness (QED) is 0.369. The number of ether oxygens (including phenoxy) is 1. The summed E-state index contributed by atoms with van der Waals surface area (Å²) in [7, 11) is 0. The van der Waals surface area contributed by atoms with E-state index in [2.05, 4.69) is 13.8 Å². The first-order valence-corrected chi connectivity index (χ1v) is 10.6. The highest BCUT2D eigenvalue weighted by molar-refractivity contribution is 5.70. The van der Waals surface area contributed by atoms with Crippen LogP contribution in [0.2, 0.25) is 0 Å². The minimum Gasteiger partial charge on any atom is -0.481 e. The molecule has 0 aliphatic rings. The Morgan fingerprint density at radius 1 is 0.963 bits per heavy atom. The second-order valence-corrected chi connectivity index (χ2v) is 7.51. The van der Waals surface area contributed by atoms with E-state index in [9.17, 15) is 15.0 Å². The van der Waals surface area contributed by atoms with E-state index in [4.69, 9.17) is 4.74 Å². The van der Waals surface area contributed by atoms with Gasteiger partial charge in [0.25, 0.3) is 0 Å². The van der Waals surface area contributed by atoms with Crippen LogP contribution in [0.25, 0.3) is 0 Å². The Labute approximate surface area is 164 Å². The topological polar surface area (TPSA) is 66.8 Å². The molecule has 0 amide bonds. The van der Waals surface area contributed by atoms with E-state index in [0.29, 0.717) is 19.4 Å². The highest BCUT2D eigenvalue weighted by Gasteiger charge is 2.28. The van der Waals surface area contributed by atoms with Crippen molar-refractivity contribution in [3.05, 3.63) is 35.9 Å². The third-order valence-electron chi connectivity index (χ3n) is 5.11. The lowest BCUT2D eigenvalue weighted by Crippen LogP contribution is -2.32. The van der Waals surface area contributed by atoms with Gasteiger partial charge in [-0.1, -0.05) is 89.1 Å². The van der Waals surface area contributed by atoms with Crippen LogP contribution in [0.15, 0.2) is 30.3 Å². The van der Waals surface area contributed by atoms with Gasteiger partial charge in [0.15, 0.2) is 0 Å². The molecule has 0 saturated heterocycles. The van der Waals surface area contributed by atoms with Crippen LogP contribution in [0.5, 0.6) is 0 Å². The lowest BCUT2D eigenvalue weighted by atomic mass is 9.90. The van der Waals surface area contributed by atoms with Crippen LogP contribution in [-0.2, 0) is 16.1 Å². The van der Waals surface area contributed by atoms with Crippen LogP contribution in [0.4, 0.5) is 0 Å². The monoisotopic (exact) mass is 378 g/mol. The van der Waals surface area contributed by atoms with Crippen molar-refractivity contribution >= 4 is 5.97 Å². The normalized spacial score (nSPS) is 14.6. The first-order valence-electron chi connectivity index (χ1n) is 10.6. The van der Waals surface area contributed by atoms with Gasteiger partial charge in [-0.25, -0.2) is 0 Å². The number of rotatable bonds is 16. The molecule has 4 nitrogen and oxygen atoms in total. The molecule has 0 saturated carbocycles. The molecule has 4 heteroatoms. The summed E-state index contributed by atoms with van der Waals surface area (Å²) in [4.78, 5) is 11.6. The molecule has 0 bridgehead atoms. The van der Waals surface area contributed by atoms with Gasteiger partial charge in [-0.05, 0) is 18.4 Å². The van der Waals surface area contributed by atoms with Crippen molar-refractivity contribution in [3.8, 4) is 0 Å². The standard InChI is InChI=1S/C23H38O4/c1-3-5-7-12-16-21(23(25)26)22(24)17-20(15-9-6-4-2)27-18-19-13-10-8-11-14-19/h8,10-11,13-14,20-22,24H,3-7,9,12,15-18H2,1-2H3,(H,25,26)/t20-,21+,22+/m1/s1. The van der Waals surface area contributed by atoms with Crippen molar-refractivity contribution < 1.29 is 19.7 Å². The first kappa shape index (κ1) is 23.6. The molecule has 0 radical (unpaired) electrons. The number of carbonyl (C=O) groups is 1. The number of unbranched alkanes of at least 4 members (excludes halogenated alkanes) is 5. The lowest BCUT2D eigenvalue weighted by molar-refractivity contribution is -0.147. The van der Waals surface area contributed by atoms with Crippen molar-refractivity contribution in [3.63, 3.8) is 0 Å². The fourth-order valence-corrected chi connectivity index (χ4v) is 3.38. The number of carboxylic acids is 1. The number of aliphatic hydroxyl groups excluding tert-OH is 1. The van der Waals surface area contributed by atoms with Gasteiger partial charge in [-0.2, -0.15) is 0 Å². The summed E-state index contributed by atoms with van der Waals surface area (Å²) >= 11 is 0. The van der Waals surface area contributed by atoms with Crippen LogP contribution in [-0.4, -0.2) is 28.4 Å². The third-order valence-corrected chi connectivity index (χ3v) is 5.11. The van der Waals surface area contributed by atoms with Crippen molar-refractivity contribution in [2.45, 2.75) is 96.9 Å². The van der Waals surface area contributed by atoms with E-state index in [1.54, 1.807) is 0 Å². The number of carboxylic acid groups (broad SMARTS) is 1. The molecule has 0 fully saturated rings. The molecule has 0 spiro atoms. The molecule has 2 N–H and O–H groups in total. The zero-order valence-electron chi connectivity index (χ0n) is 17.1. The molecule has 1 rings (SSSR count). The van der Waals surface area contributed by atoms with Gasteiger partial charge < -0.3 is 14.9 Å². The van der Waals surface area contributed by atoms with Gasteiger partial charge in [0.1, 0.15) is 0 Å². The molecule has 1 aromatic rings. The van der Waals surface area contributed by atoms with Crippen molar-refractivity contribution in [1.29, 1.82) is 0 Å². The average Bonchev–Trinajstić information content (AvgIpc) is 2.66. The zero-order valence-corrected chi connectivity index (χ0v) is 17.1. The Morgan fingerprint density at radius 3 is 2.22 bits per heavy atom. The Kier molecular flexibility index (Phi) is 12.8. The molecule has 0 aliphatic heterocycles. The number of hydrogen-bond acceptors (Lipinski definition) is 3. The van der Waals surface area contributed by atoms with Crippen LogP contribution in [0.1, 0.15) is 83.6 Å². The van der Waals surface area contributed by atoms with E-state index in [1.807, 2.05) is 30.3 Å². The lowest BCUT2D eigenvalue weighted by Gasteiger charge is -2.25. The number of aliphatic hydroxyl groups is 1. The summed E-state index contributed by atoms with van der Waals surface area (Å²) in [5.74, 6) is -1.59. The molecule has 0 heterocycles. The predicted molar refractivity (Wildman–Crippen MR) is 110 cm³/mol. The fraction of sp³-hybridized carbons (Fsp3) is 0.696. The molecular weight excluding hydrogens is 340 g/mol. The summed E-state index contributed by atoms with van der Waals surface area (Å²) in [6.45, 7) is 4.79. The maximum Gasteiger partial charge on any atom is 0.309 e. The maximum atomic E-state index is 11.6. The summed E-state index contributed by atoms with van der Waals surface area (Å²) in [6.07, 6.45) is 8.23. The van der Waals surface area contributed by atoms with Crippen LogP contribution in [0.3, 0.4) is 0 Å². The highest BCUT2D eigenvalue weighted by Crippen LogP contribution is 2.22. The number of hydrogen-bond donors (Lipinski definition) is 2. The third kappa shape index (κ3) is 10.5. The largest absolute Gasteiger partial charge is 0.481 e. The van der Waals surface area contributed by atoms with Gasteiger partial charge in [0.05, 0.1) is 24.7 Å². The molecule has 27 heavy (non-hydrogen) atoms. The van der Waals surface area contributed by atoms with E-state index < -0.39 is 18.0 Å². The summed E-state index contributed by atoms with van der Waals surface area (Å²) in [5.41, 5.74) is 1.10. The minimum atomic E-state index is -0.894. The summed E-state index contributed by atoms with van der Waals surface area (Å²) in [5, 5.41) is 20.1. The van der Waals surface area contributed by atoms with Gasteiger partial charge in [-0.3, -0.25) is 4.79 Å². The van der Waals surface area contributed by atoms with Gasteiger partial charge in [-0.15, -0.1) is 0 Å². The summed E-state index contributed by atoms with van der Waals surface area (Å²) < 4.78 is 6.07. The van der Waals surface area contributed by atoms with E-state index in [1.165, 1.54) is 0 Å². The van der Waals surface area contributed by atoms with Crippen molar-refractivity contribution in [2.24, 2.45) is 5.92 Å². The van der Waals surface area contributed by atoms with E-state index in [0.717, 1.165) is 56.9 Å². The molecular formula is C23H38O4. The Balaban J connectivity index is 2.59. The number of aliphatic carboxylic acids is 1. The van der Waals surface area contributed by atoms with Crippen molar-refractivity contribution in [2.75, 3.05) is 0 Å². The predicted octanol–water partition coefficient (Wildman–Crippen LogP) is 5.57. The fourth-order valence-electron chi connectivity index (χ4n) is 3.38. The van der Waals surface area contributed by atoms with E-state index >= 15 is 0 Å². The van der Waals surface area contributed by atoms with Gasteiger partial charge >= 0.3 is 5.97 Å². The van der Waals surface area contributed by atoms with Crippen LogP contribution >= 0.6 is 0 Å².